The highest BCUT2D eigenvalue weighted by Crippen LogP contribution is 2.37. The first-order valence-electron chi connectivity index (χ1n) is 10.5. The SMILES string of the molecule is COc1cc(/C=C2\C(=O)NC(=O)N(c3ccc(OCc4ccccc4)cc3)C2=O)cc(Br)c1OC. The van der Waals surface area contributed by atoms with Crippen LogP contribution in [0.15, 0.2) is 76.8 Å². The van der Waals surface area contributed by atoms with E-state index in [9.17, 15) is 14.4 Å². The number of anilines is 1. The number of amides is 4. The van der Waals surface area contributed by atoms with Gasteiger partial charge in [0.2, 0.25) is 0 Å². The molecule has 0 aromatic heterocycles. The summed E-state index contributed by atoms with van der Waals surface area (Å²) in [6.45, 7) is 0.381. The summed E-state index contributed by atoms with van der Waals surface area (Å²) in [5, 5.41) is 2.22. The van der Waals surface area contributed by atoms with Crippen LogP contribution in [0.2, 0.25) is 0 Å². The number of nitrogens with zero attached hydrogens (tertiary/aromatic N) is 1. The van der Waals surface area contributed by atoms with Crippen LogP contribution in [0.25, 0.3) is 6.08 Å². The first kappa shape index (κ1) is 24.0. The van der Waals surface area contributed by atoms with Crippen LogP contribution in [0, 0.1) is 0 Å². The van der Waals surface area contributed by atoms with Crippen LogP contribution < -0.4 is 24.4 Å². The van der Waals surface area contributed by atoms with Crippen LogP contribution in [-0.4, -0.2) is 32.1 Å². The molecule has 1 N–H and O–H groups in total. The molecule has 0 saturated carbocycles. The van der Waals surface area contributed by atoms with Crippen LogP contribution in [0.4, 0.5) is 10.5 Å². The number of barbiturate groups is 1. The van der Waals surface area contributed by atoms with E-state index in [4.69, 9.17) is 14.2 Å². The van der Waals surface area contributed by atoms with Gasteiger partial charge in [0.15, 0.2) is 11.5 Å². The summed E-state index contributed by atoms with van der Waals surface area (Å²) in [6, 6.07) is 18.6. The van der Waals surface area contributed by atoms with E-state index in [1.807, 2.05) is 30.3 Å². The van der Waals surface area contributed by atoms with Gasteiger partial charge < -0.3 is 14.2 Å². The summed E-state index contributed by atoms with van der Waals surface area (Å²) in [4.78, 5) is 39.1. The van der Waals surface area contributed by atoms with E-state index < -0.39 is 17.8 Å². The molecule has 1 saturated heterocycles. The lowest BCUT2D eigenvalue weighted by atomic mass is 10.1. The third-order valence-electron chi connectivity index (χ3n) is 5.21. The van der Waals surface area contributed by atoms with E-state index >= 15 is 0 Å². The highest BCUT2D eigenvalue weighted by atomic mass is 79.9. The van der Waals surface area contributed by atoms with Crippen molar-refractivity contribution in [2.24, 2.45) is 0 Å². The molecule has 1 aliphatic rings. The fourth-order valence-corrected chi connectivity index (χ4v) is 4.13. The second-order valence-corrected chi connectivity index (χ2v) is 8.32. The van der Waals surface area contributed by atoms with Gasteiger partial charge in [-0.25, -0.2) is 9.69 Å². The number of benzene rings is 3. The molecule has 178 valence electrons. The van der Waals surface area contributed by atoms with Gasteiger partial charge in [0.1, 0.15) is 17.9 Å². The van der Waals surface area contributed by atoms with E-state index in [1.165, 1.54) is 20.3 Å². The molecule has 4 rings (SSSR count). The van der Waals surface area contributed by atoms with Gasteiger partial charge in [0.05, 0.1) is 24.4 Å². The fraction of sp³-hybridized carbons (Fsp3) is 0.115. The molecule has 4 amide bonds. The number of hydrogen-bond acceptors (Lipinski definition) is 6. The summed E-state index contributed by atoms with van der Waals surface area (Å²) in [5.41, 5.74) is 1.61. The Labute approximate surface area is 210 Å². The summed E-state index contributed by atoms with van der Waals surface area (Å²) in [5.74, 6) is -0.0751. The zero-order valence-corrected chi connectivity index (χ0v) is 20.5. The number of halogens is 1. The largest absolute Gasteiger partial charge is 0.493 e. The molecular formula is C26H21BrN2O6. The molecule has 0 radical (unpaired) electrons. The molecule has 0 bridgehead atoms. The van der Waals surface area contributed by atoms with Gasteiger partial charge in [-0.3, -0.25) is 14.9 Å². The van der Waals surface area contributed by atoms with E-state index in [0.29, 0.717) is 39.6 Å². The number of urea groups is 1. The minimum absolute atomic E-state index is 0.201. The molecule has 0 atom stereocenters. The number of ether oxygens (including phenoxy) is 3. The molecule has 8 nitrogen and oxygen atoms in total. The maximum Gasteiger partial charge on any atom is 0.335 e. The van der Waals surface area contributed by atoms with Crippen LogP contribution in [0.3, 0.4) is 0 Å². The Kier molecular flexibility index (Phi) is 7.17. The van der Waals surface area contributed by atoms with Gasteiger partial charge in [-0.1, -0.05) is 30.3 Å². The van der Waals surface area contributed by atoms with E-state index in [0.717, 1.165) is 10.5 Å². The fourth-order valence-electron chi connectivity index (χ4n) is 3.51. The van der Waals surface area contributed by atoms with Crippen molar-refractivity contribution >= 4 is 45.5 Å². The zero-order valence-electron chi connectivity index (χ0n) is 18.9. The number of carbonyl (C=O) groups is 3. The van der Waals surface area contributed by atoms with Crippen molar-refractivity contribution < 1.29 is 28.6 Å². The average Bonchev–Trinajstić information content (AvgIpc) is 2.86. The Balaban J connectivity index is 1.58. The Morgan fingerprint density at radius 2 is 1.66 bits per heavy atom. The van der Waals surface area contributed by atoms with E-state index in [1.54, 1.807) is 36.4 Å². The van der Waals surface area contributed by atoms with Crippen LogP contribution >= 0.6 is 15.9 Å². The Morgan fingerprint density at radius 3 is 2.31 bits per heavy atom. The molecule has 0 unspecified atom stereocenters. The van der Waals surface area contributed by atoms with Crippen molar-refractivity contribution in [3.63, 3.8) is 0 Å². The van der Waals surface area contributed by atoms with Crippen molar-refractivity contribution in [2.45, 2.75) is 6.61 Å². The summed E-state index contributed by atoms with van der Waals surface area (Å²) >= 11 is 3.39. The molecule has 1 heterocycles. The van der Waals surface area contributed by atoms with Crippen LogP contribution in [-0.2, 0) is 16.2 Å². The van der Waals surface area contributed by atoms with Gasteiger partial charge in [-0.05, 0) is 69.5 Å². The number of methoxy groups -OCH3 is 2. The van der Waals surface area contributed by atoms with E-state index in [2.05, 4.69) is 21.2 Å². The lowest BCUT2D eigenvalue weighted by molar-refractivity contribution is -0.122. The molecule has 0 spiro atoms. The van der Waals surface area contributed by atoms with Gasteiger partial charge in [0.25, 0.3) is 11.8 Å². The molecule has 3 aromatic carbocycles. The zero-order chi connectivity index (χ0) is 24.9. The molecule has 1 fully saturated rings. The van der Waals surface area contributed by atoms with Crippen LogP contribution in [0.5, 0.6) is 17.2 Å². The minimum atomic E-state index is -0.830. The van der Waals surface area contributed by atoms with Gasteiger partial charge in [0, 0.05) is 0 Å². The molecule has 1 aliphatic heterocycles. The van der Waals surface area contributed by atoms with Crippen molar-refractivity contribution in [2.75, 3.05) is 19.1 Å². The third kappa shape index (κ3) is 5.20. The number of imide groups is 2. The number of rotatable bonds is 7. The second kappa shape index (κ2) is 10.4. The summed E-state index contributed by atoms with van der Waals surface area (Å²) in [6.07, 6.45) is 1.39. The number of hydrogen-bond donors (Lipinski definition) is 1. The normalized spacial score (nSPS) is 14.7. The quantitative estimate of drug-likeness (QED) is 0.347. The van der Waals surface area contributed by atoms with Crippen LogP contribution in [0.1, 0.15) is 11.1 Å². The van der Waals surface area contributed by atoms with Gasteiger partial charge in [-0.2, -0.15) is 0 Å². The first-order valence-corrected chi connectivity index (χ1v) is 11.3. The standard InChI is InChI=1S/C26H21BrN2O6/c1-33-22-14-17(13-21(27)23(22)34-2)12-20-24(30)28-26(32)29(25(20)31)18-8-10-19(11-9-18)35-15-16-6-4-3-5-7-16/h3-14H,15H2,1-2H3,(H,28,30,32)/b20-12+. The Morgan fingerprint density at radius 1 is 0.943 bits per heavy atom. The first-order chi connectivity index (χ1) is 16.9. The predicted octanol–water partition coefficient (Wildman–Crippen LogP) is 4.71. The predicted molar refractivity (Wildman–Crippen MR) is 133 cm³/mol. The average molecular weight is 537 g/mol. The second-order valence-electron chi connectivity index (χ2n) is 7.46. The lowest BCUT2D eigenvalue weighted by Gasteiger charge is -2.26. The minimum Gasteiger partial charge on any atom is -0.493 e. The molecular weight excluding hydrogens is 516 g/mol. The third-order valence-corrected chi connectivity index (χ3v) is 5.80. The molecule has 9 heteroatoms. The molecule has 3 aromatic rings. The maximum atomic E-state index is 13.2. The van der Waals surface area contributed by atoms with Crippen molar-refractivity contribution in [3.8, 4) is 17.2 Å². The summed E-state index contributed by atoms with van der Waals surface area (Å²) in [7, 11) is 2.98. The van der Waals surface area contributed by atoms with Crippen molar-refractivity contribution in [1.82, 2.24) is 5.32 Å². The molecule has 0 aliphatic carbocycles. The Hall–Kier alpha value is -4.11. The van der Waals surface area contributed by atoms with Gasteiger partial charge in [-0.15, -0.1) is 0 Å². The highest BCUT2D eigenvalue weighted by Gasteiger charge is 2.36. The number of nitrogens with one attached hydrogen (secondary N) is 1. The number of carbonyl (C=O) groups excluding carboxylic acids is 3. The summed E-state index contributed by atoms with van der Waals surface area (Å²) < 4.78 is 17.0. The van der Waals surface area contributed by atoms with Crippen molar-refractivity contribution in [1.29, 1.82) is 0 Å². The Bertz CT molecular complexity index is 1310. The lowest BCUT2D eigenvalue weighted by Crippen LogP contribution is -2.54. The van der Waals surface area contributed by atoms with Gasteiger partial charge >= 0.3 is 6.03 Å². The highest BCUT2D eigenvalue weighted by molar-refractivity contribution is 9.10. The maximum absolute atomic E-state index is 13.2. The van der Waals surface area contributed by atoms with E-state index in [-0.39, 0.29) is 5.57 Å². The topological polar surface area (TPSA) is 94.2 Å². The smallest absolute Gasteiger partial charge is 0.335 e. The van der Waals surface area contributed by atoms with Crippen molar-refractivity contribution in [3.05, 3.63) is 87.9 Å². The monoisotopic (exact) mass is 536 g/mol. The molecule has 35 heavy (non-hydrogen) atoms.